The van der Waals surface area contributed by atoms with Gasteiger partial charge in [-0.05, 0) is 17.2 Å². The minimum absolute atomic E-state index is 0.0697. The van der Waals surface area contributed by atoms with Crippen LogP contribution in [-0.4, -0.2) is 16.2 Å². The van der Waals surface area contributed by atoms with Crippen LogP contribution in [0.1, 0.15) is 11.1 Å². The maximum atomic E-state index is 11.6. The number of carbonyl (C=O) groups is 1. The third kappa shape index (κ3) is 1.46. The van der Waals surface area contributed by atoms with E-state index in [1.165, 1.54) is 0 Å². The fourth-order valence-electron chi connectivity index (χ4n) is 2.52. The second-order valence-electron chi connectivity index (χ2n) is 4.35. The zero-order valence-electron chi connectivity index (χ0n) is 9.52. The molecule has 0 bridgehead atoms. The van der Waals surface area contributed by atoms with Gasteiger partial charge in [-0.25, -0.2) is 4.79 Å². The number of halogens is 2. The lowest BCUT2D eigenvalue weighted by Gasteiger charge is -2.21. The zero-order chi connectivity index (χ0) is 13.8. The summed E-state index contributed by atoms with van der Waals surface area (Å²) in [4.78, 5) is 11.6. The van der Waals surface area contributed by atoms with Gasteiger partial charge in [0, 0.05) is 11.1 Å². The highest BCUT2D eigenvalue weighted by Crippen LogP contribution is 2.51. The number of aliphatic carboxylic acids is 1. The molecule has 96 valence electrons. The molecule has 1 atom stereocenters. The van der Waals surface area contributed by atoms with Gasteiger partial charge in [-0.15, -0.1) is 0 Å². The third-order valence-corrected chi connectivity index (χ3v) is 4.18. The van der Waals surface area contributed by atoms with Gasteiger partial charge in [0.25, 0.3) is 0 Å². The standard InChI is InChI=1S/C14H8Cl2O3/c15-10-6-5-8-7-3-1-2-4-9(7)14(19,13(17)18)11(8)12(10)16/h1-6,19H,(H,17,18). The predicted octanol–water partition coefficient (Wildman–Crippen LogP) is 3.29. The van der Waals surface area contributed by atoms with Gasteiger partial charge in [0.1, 0.15) is 0 Å². The van der Waals surface area contributed by atoms with Crippen LogP contribution in [0.25, 0.3) is 11.1 Å². The monoisotopic (exact) mass is 294 g/mol. The van der Waals surface area contributed by atoms with E-state index >= 15 is 0 Å². The van der Waals surface area contributed by atoms with Crippen LogP contribution in [0, 0.1) is 0 Å². The summed E-state index contributed by atoms with van der Waals surface area (Å²) in [5.74, 6) is -1.37. The molecule has 3 nitrogen and oxygen atoms in total. The summed E-state index contributed by atoms with van der Waals surface area (Å²) in [5.41, 5.74) is -0.471. The normalized spacial score (nSPS) is 19.9. The van der Waals surface area contributed by atoms with E-state index in [1.54, 1.807) is 36.4 Å². The van der Waals surface area contributed by atoms with E-state index in [1.807, 2.05) is 0 Å². The lowest BCUT2D eigenvalue weighted by atomic mass is 9.91. The molecule has 3 rings (SSSR count). The first-order valence-corrected chi connectivity index (χ1v) is 6.27. The molecule has 2 aromatic carbocycles. The van der Waals surface area contributed by atoms with Crippen molar-refractivity contribution in [3.8, 4) is 11.1 Å². The molecule has 0 aromatic heterocycles. The highest BCUT2D eigenvalue weighted by Gasteiger charge is 2.49. The van der Waals surface area contributed by atoms with Gasteiger partial charge < -0.3 is 10.2 Å². The van der Waals surface area contributed by atoms with Crippen LogP contribution in [0.5, 0.6) is 0 Å². The molecule has 0 aliphatic heterocycles. The van der Waals surface area contributed by atoms with Gasteiger partial charge in [0.05, 0.1) is 10.0 Å². The van der Waals surface area contributed by atoms with Crippen molar-refractivity contribution in [1.82, 2.24) is 0 Å². The summed E-state index contributed by atoms with van der Waals surface area (Å²) in [5, 5.41) is 20.4. The van der Waals surface area contributed by atoms with Crippen molar-refractivity contribution >= 4 is 29.2 Å². The van der Waals surface area contributed by atoms with Crippen molar-refractivity contribution in [2.24, 2.45) is 0 Å². The molecular formula is C14H8Cl2O3. The molecule has 0 fully saturated rings. The van der Waals surface area contributed by atoms with Crippen LogP contribution < -0.4 is 0 Å². The number of carboxylic acids is 1. The van der Waals surface area contributed by atoms with E-state index in [0.717, 1.165) is 0 Å². The summed E-state index contributed by atoms with van der Waals surface area (Å²) in [7, 11) is 0. The summed E-state index contributed by atoms with van der Waals surface area (Å²) < 4.78 is 0. The average molecular weight is 295 g/mol. The van der Waals surface area contributed by atoms with E-state index in [9.17, 15) is 15.0 Å². The Morgan fingerprint density at radius 1 is 1.05 bits per heavy atom. The zero-order valence-corrected chi connectivity index (χ0v) is 11.0. The van der Waals surface area contributed by atoms with E-state index in [2.05, 4.69) is 0 Å². The summed E-state index contributed by atoms with van der Waals surface area (Å²) >= 11 is 12.0. The highest BCUT2D eigenvalue weighted by atomic mass is 35.5. The Morgan fingerprint density at radius 3 is 2.42 bits per heavy atom. The third-order valence-electron chi connectivity index (χ3n) is 3.37. The molecule has 2 aromatic rings. The first-order chi connectivity index (χ1) is 8.98. The molecule has 0 saturated carbocycles. The van der Waals surface area contributed by atoms with Crippen LogP contribution in [0.3, 0.4) is 0 Å². The van der Waals surface area contributed by atoms with E-state index in [-0.39, 0.29) is 15.6 Å². The molecule has 2 N–H and O–H groups in total. The molecular weight excluding hydrogens is 287 g/mol. The van der Waals surface area contributed by atoms with Gasteiger partial charge in [0.15, 0.2) is 0 Å². The number of rotatable bonds is 1. The topological polar surface area (TPSA) is 57.5 Å². The molecule has 0 spiro atoms. The Morgan fingerprint density at radius 2 is 1.74 bits per heavy atom. The molecule has 1 aliphatic carbocycles. The SMILES string of the molecule is O=C(O)C1(O)c2ccccc2-c2ccc(Cl)c(Cl)c21. The molecule has 19 heavy (non-hydrogen) atoms. The quantitative estimate of drug-likeness (QED) is 0.848. The smallest absolute Gasteiger partial charge is 0.345 e. The van der Waals surface area contributed by atoms with Crippen LogP contribution in [0.15, 0.2) is 36.4 Å². The number of hydrogen-bond donors (Lipinski definition) is 2. The molecule has 1 aliphatic rings. The van der Waals surface area contributed by atoms with Crippen LogP contribution in [0.4, 0.5) is 0 Å². The molecule has 0 radical (unpaired) electrons. The first-order valence-electron chi connectivity index (χ1n) is 5.52. The second kappa shape index (κ2) is 3.97. The van der Waals surface area contributed by atoms with Gasteiger partial charge in [-0.2, -0.15) is 0 Å². The fraction of sp³-hybridized carbons (Fsp3) is 0.0714. The van der Waals surface area contributed by atoms with Crippen molar-refractivity contribution in [2.45, 2.75) is 5.60 Å². The van der Waals surface area contributed by atoms with Gasteiger partial charge in [0.2, 0.25) is 5.60 Å². The minimum atomic E-state index is -2.16. The Balaban J connectivity index is 2.48. The molecule has 0 saturated heterocycles. The Kier molecular flexibility index (Phi) is 2.61. The Bertz CT molecular complexity index is 712. The van der Waals surface area contributed by atoms with Crippen molar-refractivity contribution in [2.75, 3.05) is 0 Å². The predicted molar refractivity (Wildman–Crippen MR) is 72.5 cm³/mol. The number of benzene rings is 2. The average Bonchev–Trinajstić information content (AvgIpc) is 2.66. The summed E-state index contributed by atoms with van der Waals surface area (Å²) in [6.45, 7) is 0. The van der Waals surface area contributed by atoms with Gasteiger partial charge in [-0.3, -0.25) is 0 Å². The number of hydrogen-bond acceptors (Lipinski definition) is 2. The molecule has 0 amide bonds. The minimum Gasteiger partial charge on any atom is -0.479 e. The maximum Gasteiger partial charge on any atom is 0.345 e. The fourth-order valence-corrected chi connectivity index (χ4v) is 2.98. The number of carboxylic acid groups (broad SMARTS) is 1. The Hall–Kier alpha value is -1.55. The molecule has 1 unspecified atom stereocenters. The first kappa shape index (κ1) is 12.5. The lowest BCUT2D eigenvalue weighted by Crippen LogP contribution is -2.35. The van der Waals surface area contributed by atoms with Crippen molar-refractivity contribution in [3.05, 3.63) is 57.6 Å². The van der Waals surface area contributed by atoms with Crippen LogP contribution >= 0.6 is 23.2 Å². The van der Waals surface area contributed by atoms with E-state index in [4.69, 9.17) is 23.2 Å². The van der Waals surface area contributed by atoms with Crippen LogP contribution in [-0.2, 0) is 10.4 Å². The van der Waals surface area contributed by atoms with Crippen molar-refractivity contribution < 1.29 is 15.0 Å². The largest absolute Gasteiger partial charge is 0.479 e. The summed E-state index contributed by atoms with van der Waals surface area (Å²) in [6, 6.07) is 10.0. The number of fused-ring (bicyclic) bond motifs is 3. The maximum absolute atomic E-state index is 11.6. The van der Waals surface area contributed by atoms with Crippen LogP contribution in [0.2, 0.25) is 10.0 Å². The van der Waals surface area contributed by atoms with Gasteiger partial charge in [-0.1, -0.05) is 53.5 Å². The molecule has 0 heterocycles. The second-order valence-corrected chi connectivity index (χ2v) is 5.13. The Labute approximate surface area is 119 Å². The highest BCUT2D eigenvalue weighted by molar-refractivity contribution is 6.43. The van der Waals surface area contributed by atoms with Gasteiger partial charge >= 0.3 is 5.97 Å². The lowest BCUT2D eigenvalue weighted by molar-refractivity contribution is -0.154. The number of aliphatic hydroxyl groups is 1. The summed E-state index contributed by atoms with van der Waals surface area (Å²) in [6.07, 6.45) is 0. The van der Waals surface area contributed by atoms with E-state index < -0.39 is 11.6 Å². The van der Waals surface area contributed by atoms with Crippen molar-refractivity contribution in [3.63, 3.8) is 0 Å². The molecule has 5 heteroatoms. The van der Waals surface area contributed by atoms with E-state index in [0.29, 0.717) is 16.7 Å². The van der Waals surface area contributed by atoms with Crippen molar-refractivity contribution in [1.29, 1.82) is 0 Å².